The molecule has 0 radical (unpaired) electrons. The number of carbonyl (C=O) groups excluding carboxylic acids is 1. The minimum absolute atomic E-state index is 0.0700. The van der Waals surface area contributed by atoms with E-state index in [1.165, 1.54) is 0 Å². The monoisotopic (exact) mass is 353 g/mol. The topological polar surface area (TPSA) is 101 Å². The number of rotatable bonds is 7. The van der Waals surface area contributed by atoms with E-state index in [0.29, 0.717) is 12.2 Å². The molecule has 0 aliphatic rings. The van der Waals surface area contributed by atoms with Gasteiger partial charge in [0.1, 0.15) is 4.21 Å². The Labute approximate surface area is 139 Å². The van der Waals surface area contributed by atoms with E-state index < -0.39 is 10.0 Å². The SMILES string of the molecule is C[C@@H](CN)NC(=O)Cc1ccc(NS(=O)(=O)c2cccs2)cc1. The lowest BCUT2D eigenvalue weighted by Crippen LogP contribution is -2.38. The van der Waals surface area contributed by atoms with Gasteiger partial charge in [-0.05, 0) is 36.1 Å². The van der Waals surface area contributed by atoms with Gasteiger partial charge in [0.05, 0.1) is 6.42 Å². The average molecular weight is 353 g/mol. The number of amides is 1. The minimum atomic E-state index is -3.55. The van der Waals surface area contributed by atoms with Gasteiger partial charge in [0.25, 0.3) is 10.0 Å². The van der Waals surface area contributed by atoms with Crippen molar-refractivity contribution >= 4 is 33.0 Å². The Morgan fingerprint density at radius 1 is 1.26 bits per heavy atom. The van der Waals surface area contributed by atoms with Crippen LogP contribution in [0.25, 0.3) is 0 Å². The number of nitrogens with one attached hydrogen (secondary N) is 2. The summed E-state index contributed by atoms with van der Waals surface area (Å²) in [6, 6.07) is 9.88. The number of nitrogens with two attached hydrogens (primary N) is 1. The van der Waals surface area contributed by atoms with Crippen LogP contribution in [0.15, 0.2) is 46.0 Å². The lowest BCUT2D eigenvalue weighted by atomic mass is 10.1. The zero-order valence-corrected chi connectivity index (χ0v) is 14.3. The van der Waals surface area contributed by atoms with Crippen LogP contribution in [0.3, 0.4) is 0 Å². The number of carbonyl (C=O) groups is 1. The molecule has 23 heavy (non-hydrogen) atoms. The summed E-state index contributed by atoms with van der Waals surface area (Å²) in [6.45, 7) is 2.22. The quantitative estimate of drug-likeness (QED) is 0.703. The van der Waals surface area contributed by atoms with E-state index in [0.717, 1.165) is 16.9 Å². The smallest absolute Gasteiger partial charge is 0.271 e. The van der Waals surface area contributed by atoms with Crippen molar-refractivity contribution in [2.45, 2.75) is 23.6 Å². The van der Waals surface area contributed by atoms with Crippen LogP contribution in [-0.2, 0) is 21.2 Å². The van der Waals surface area contributed by atoms with Crippen molar-refractivity contribution < 1.29 is 13.2 Å². The first-order valence-corrected chi connectivity index (χ1v) is 9.41. The van der Waals surface area contributed by atoms with Crippen LogP contribution in [-0.4, -0.2) is 26.9 Å². The highest BCUT2D eigenvalue weighted by atomic mass is 32.2. The molecule has 1 amide bonds. The number of sulfonamides is 1. The van der Waals surface area contributed by atoms with Crippen LogP contribution in [0.1, 0.15) is 12.5 Å². The molecule has 0 spiro atoms. The molecule has 8 heteroatoms. The first-order chi connectivity index (χ1) is 10.9. The number of anilines is 1. The van der Waals surface area contributed by atoms with Crippen LogP contribution in [0.5, 0.6) is 0 Å². The second kappa shape index (κ2) is 7.58. The summed E-state index contributed by atoms with van der Waals surface area (Å²) in [5.41, 5.74) is 6.71. The van der Waals surface area contributed by atoms with Crippen molar-refractivity contribution in [1.82, 2.24) is 5.32 Å². The minimum Gasteiger partial charge on any atom is -0.352 e. The molecule has 1 atom stereocenters. The van der Waals surface area contributed by atoms with Gasteiger partial charge in [0.15, 0.2) is 0 Å². The fourth-order valence-corrected chi connectivity index (χ4v) is 3.93. The maximum Gasteiger partial charge on any atom is 0.271 e. The summed E-state index contributed by atoms with van der Waals surface area (Å²) in [7, 11) is -3.55. The predicted octanol–water partition coefficient (Wildman–Crippen LogP) is 1.55. The van der Waals surface area contributed by atoms with Crippen LogP contribution in [0.2, 0.25) is 0 Å². The van der Waals surface area contributed by atoms with Gasteiger partial charge in [0, 0.05) is 18.3 Å². The van der Waals surface area contributed by atoms with E-state index in [1.54, 1.807) is 41.8 Å². The molecular formula is C15H19N3O3S2. The maximum absolute atomic E-state index is 12.1. The van der Waals surface area contributed by atoms with Crippen molar-refractivity contribution in [3.05, 3.63) is 47.3 Å². The molecule has 1 heterocycles. The van der Waals surface area contributed by atoms with Gasteiger partial charge in [-0.15, -0.1) is 11.3 Å². The Hall–Kier alpha value is -1.90. The molecule has 0 aliphatic heterocycles. The standard InChI is InChI=1S/C15H19N3O3S2/c1-11(10-16)17-14(19)9-12-4-6-13(7-5-12)18-23(20,21)15-3-2-8-22-15/h2-8,11,18H,9-10,16H2,1H3,(H,17,19)/t11-/m0/s1. The van der Waals surface area contributed by atoms with Crippen LogP contribution in [0.4, 0.5) is 5.69 Å². The summed E-state index contributed by atoms with van der Waals surface area (Å²) in [6.07, 6.45) is 0.224. The third-order valence-electron chi connectivity index (χ3n) is 3.09. The van der Waals surface area contributed by atoms with Gasteiger partial charge in [-0.3, -0.25) is 9.52 Å². The van der Waals surface area contributed by atoms with Crippen molar-refractivity contribution in [3.8, 4) is 0 Å². The normalized spacial score (nSPS) is 12.6. The van der Waals surface area contributed by atoms with Crippen LogP contribution < -0.4 is 15.8 Å². The fourth-order valence-electron chi connectivity index (χ4n) is 1.88. The molecule has 0 saturated carbocycles. The Kier molecular flexibility index (Phi) is 5.75. The predicted molar refractivity (Wildman–Crippen MR) is 91.9 cm³/mol. The summed E-state index contributed by atoms with van der Waals surface area (Å²) >= 11 is 1.15. The molecule has 2 rings (SSSR count). The maximum atomic E-state index is 12.1. The Bertz CT molecular complexity index is 741. The summed E-state index contributed by atoms with van der Waals surface area (Å²) in [5, 5.41) is 4.48. The second-order valence-electron chi connectivity index (χ2n) is 5.12. The molecule has 0 saturated heterocycles. The van der Waals surface area contributed by atoms with Gasteiger partial charge in [-0.2, -0.15) is 0 Å². The Balaban J connectivity index is 1.99. The summed E-state index contributed by atoms with van der Waals surface area (Å²) < 4.78 is 27.0. The highest BCUT2D eigenvalue weighted by Gasteiger charge is 2.15. The molecule has 2 aromatic rings. The van der Waals surface area contributed by atoms with Crippen LogP contribution >= 0.6 is 11.3 Å². The molecular weight excluding hydrogens is 334 g/mol. The van der Waals surface area contributed by atoms with Gasteiger partial charge in [-0.1, -0.05) is 18.2 Å². The lowest BCUT2D eigenvalue weighted by molar-refractivity contribution is -0.120. The highest BCUT2D eigenvalue weighted by Crippen LogP contribution is 2.20. The average Bonchev–Trinajstić information content (AvgIpc) is 3.04. The van der Waals surface area contributed by atoms with E-state index in [1.807, 2.05) is 6.92 Å². The Morgan fingerprint density at radius 2 is 1.96 bits per heavy atom. The summed E-state index contributed by atoms with van der Waals surface area (Å²) in [5.74, 6) is -0.116. The van der Waals surface area contributed by atoms with E-state index in [2.05, 4.69) is 10.0 Å². The van der Waals surface area contributed by atoms with Crippen LogP contribution in [0, 0.1) is 0 Å². The number of thiophene rings is 1. The molecule has 0 aliphatic carbocycles. The molecule has 0 unspecified atom stereocenters. The first kappa shape index (κ1) is 17.5. The molecule has 1 aromatic carbocycles. The van der Waals surface area contributed by atoms with Crippen molar-refractivity contribution in [3.63, 3.8) is 0 Å². The van der Waals surface area contributed by atoms with E-state index in [-0.39, 0.29) is 22.6 Å². The van der Waals surface area contributed by atoms with Crippen molar-refractivity contribution in [1.29, 1.82) is 0 Å². The number of benzene rings is 1. The highest BCUT2D eigenvalue weighted by molar-refractivity contribution is 7.94. The lowest BCUT2D eigenvalue weighted by Gasteiger charge is -2.11. The third kappa shape index (κ3) is 5.05. The molecule has 0 bridgehead atoms. The molecule has 124 valence electrons. The first-order valence-electron chi connectivity index (χ1n) is 7.05. The van der Waals surface area contributed by atoms with E-state index in [9.17, 15) is 13.2 Å². The second-order valence-corrected chi connectivity index (χ2v) is 7.97. The molecule has 1 aromatic heterocycles. The van der Waals surface area contributed by atoms with Gasteiger partial charge in [-0.25, -0.2) is 8.42 Å². The van der Waals surface area contributed by atoms with E-state index >= 15 is 0 Å². The van der Waals surface area contributed by atoms with E-state index in [4.69, 9.17) is 5.73 Å². The van der Waals surface area contributed by atoms with Crippen molar-refractivity contribution in [2.24, 2.45) is 5.73 Å². The third-order valence-corrected chi connectivity index (χ3v) is 5.87. The van der Waals surface area contributed by atoms with Gasteiger partial charge < -0.3 is 11.1 Å². The Morgan fingerprint density at radius 3 is 2.52 bits per heavy atom. The molecule has 0 fully saturated rings. The fraction of sp³-hybridized carbons (Fsp3) is 0.267. The number of hydrogen-bond acceptors (Lipinski definition) is 5. The van der Waals surface area contributed by atoms with Crippen molar-refractivity contribution in [2.75, 3.05) is 11.3 Å². The van der Waals surface area contributed by atoms with Gasteiger partial charge in [0.2, 0.25) is 5.91 Å². The molecule has 6 nitrogen and oxygen atoms in total. The number of hydrogen-bond donors (Lipinski definition) is 3. The zero-order chi connectivity index (χ0) is 16.9. The largest absolute Gasteiger partial charge is 0.352 e. The zero-order valence-electron chi connectivity index (χ0n) is 12.7. The van der Waals surface area contributed by atoms with Gasteiger partial charge >= 0.3 is 0 Å². The summed E-state index contributed by atoms with van der Waals surface area (Å²) in [4.78, 5) is 11.8. The molecule has 4 N–H and O–H groups in total.